The van der Waals surface area contributed by atoms with Gasteiger partial charge in [-0.25, -0.2) is 4.68 Å². The number of fused-ring (bicyclic) bond motifs is 3. The summed E-state index contributed by atoms with van der Waals surface area (Å²) < 4.78 is 6.71. The molecule has 1 aliphatic rings. The summed E-state index contributed by atoms with van der Waals surface area (Å²) in [6, 6.07) is 24.1. The van der Waals surface area contributed by atoms with Gasteiger partial charge in [0, 0.05) is 17.3 Å². The third kappa shape index (κ3) is 4.10. The molecule has 1 aliphatic carbocycles. The number of hydrogen-bond acceptors (Lipinski definition) is 4. The van der Waals surface area contributed by atoms with E-state index in [9.17, 15) is 9.59 Å². The molecule has 0 bridgehead atoms. The second-order valence-electron chi connectivity index (χ2n) is 8.33. The van der Waals surface area contributed by atoms with Gasteiger partial charge in [-0.15, -0.1) is 0 Å². The molecule has 1 N–H and O–H groups in total. The Bertz CT molecular complexity index is 1420. The van der Waals surface area contributed by atoms with Crippen LogP contribution in [0.15, 0.2) is 83.7 Å². The largest absolute Gasteiger partial charge is 0.494 e. The molecule has 1 aromatic heterocycles. The number of rotatable bonds is 6. The molecule has 0 aliphatic heterocycles. The number of nitrogens with one attached hydrogen (secondary N) is 1. The van der Waals surface area contributed by atoms with Crippen LogP contribution in [0.4, 0.5) is 5.69 Å². The van der Waals surface area contributed by atoms with Crippen molar-refractivity contribution in [1.29, 1.82) is 0 Å². The first-order valence-electron chi connectivity index (χ1n) is 11.4. The molecule has 1 heterocycles. The maximum absolute atomic E-state index is 13.0. The van der Waals surface area contributed by atoms with Gasteiger partial charge in [-0.1, -0.05) is 30.3 Å². The highest BCUT2D eigenvalue weighted by molar-refractivity contribution is 5.94. The Balaban J connectivity index is 1.35. The van der Waals surface area contributed by atoms with Crippen molar-refractivity contribution in [1.82, 2.24) is 9.78 Å². The van der Waals surface area contributed by atoms with Crippen LogP contribution in [0.3, 0.4) is 0 Å². The first kappa shape index (κ1) is 21.6. The highest BCUT2D eigenvalue weighted by atomic mass is 16.5. The van der Waals surface area contributed by atoms with E-state index in [1.807, 2.05) is 61.5 Å². The van der Waals surface area contributed by atoms with Crippen molar-refractivity contribution in [2.24, 2.45) is 0 Å². The first-order chi connectivity index (χ1) is 16.5. The lowest BCUT2D eigenvalue weighted by Gasteiger charge is -2.16. The van der Waals surface area contributed by atoms with Gasteiger partial charge in [0.2, 0.25) is 5.91 Å². The lowest BCUT2D eigenvalue weighted by Crippen LogP contribution is -2.33. The van der Waals surface area contributed by atoms with E-state index in [-0.39, 0.29) is 11.5 Å². The lowest BCUT2D eigenvalue weighted by molar-refractivity contribution is -0.119. The molecule has 0 radical (unpaired) electrons. The van der Waals surface area contributed by atoms with Gasteiger partial charge in [0.1, 0.15) is 11.8 Å². The van der Waals surface area contributed by atoms with Gasteiger partial charge in [-0.2, -0.15) is 5.10 Å². The highest BCUT2D eigenvalue weighted by Gasteiger charge is 2.21. The molecule has 1 unspecified atom stereocenters. The third-order valence-corrected chi connectivity index (χ3v) is 6.09. The topological polar surface area (TPSA) is 73.2 Å². The van der Waals surface area contributed by atoms with Crippen LogP contribution in [-0.4, -0.2) is 22.3 Å². The minimum Gasteiger partial charge on any atom is -0.494 e. The molecule has 6 nitrogen and oxygen atoms in total. The van der Waals surface area contributed by atoms with Crippen molar-refractivity contribution in [3.8, 4) is 28.1 Å². The quantitative estimate of drug-likeness (QED) is 0.391. The van der Waals surface area contributed by atoms with Crippen LogP contribution in [0.2, 0.25) is 0 Å². The monoisotopic (exact) mass is 451 g/mol. The van der Waals surface area contributed by atoms with Crippen molar-refractivity contribution in [3.63, 3.8) is 0 Å². The van der Waals surface area contributed by atoms with E-state index in [4.69, 9.17) is 4.74 Å². The summed E-state index contributed by atoms with van der Waals surface area (Å²) in [6.45, 7) is 4.20. The molecule has 0 fully saturated rings. The predicted molar refractivity (Wildman–Crippen MR) is 133 cm³/mol. The van der Waals surface area contributed by atoms with E-state index in [0.29, 0.717) is 18.0 Å². The number of nitrogens with zero attached hydrogens (tertiary/aromatic N) is 2. The Morgan fingerprint density at radius 1 is 1.00 bits per heavy atom. The van der Waals surface area contributed by atoms with Gasteiger partial charge in [-0.05, 0) is 85.0 Å². The number of carbonyl (C=O) groups is 1. The summed E-state index contributed by atoms with van der Waals surface area (Å²) in [7, 11) is 0. The number of carbonyl (C=O) groups excluding carboxylic acids is 1. The fraction of sp³-hybridized carbons (Fsp3) is 0.179. The van der Waals surface area contributed by atoms with E-state index in [2.05, 4.69) is 22.5 Å². The molecule has 1 amide bonds. The zero-order valence-electron chi connectivity index (χ0n) is 19.1. The molecule has 34 heavy (non-hydrogen) atoms. The maximum atomic E-state index is 13.0. The van der Waals surface area contributed by atoms with Crippen molar-refractivity contribution in [2.45, 2.75) is 26.3 Å². The number of aromatic nitrogens is 2. The summed E-state index contributed by atoms with van der Waals surface area (Å²) in [4.78, 5) is 25.5. The number of anilines is 1. The molecule has 0 saturated heterocycles. The van der Waals surface area contributed by atoms with Gasteiger partial charge in [-0.3, -0.25) is 9.59 Å². The molecule has 170 valence electrons. The first-order valence-corrected chi connectivity index (χ1v) is 11.4. The molecule has 6 heteroatoms. The van der Waals surface area contributed by atoms with Gasteiger partial charge < -0.3 is 10.1 Å². The molecule has 0 saturated carbocycles. The van der Waals surface area contributed by atoms with Crippen LogP contribution >= 0.6 is 0 Å². The SMILES string of the molecule is CCOc1ccc(-c2ccc(=O)n(C(C)C(=O)Nc3ccc4c(c3)Cc3ccccc3-4)n2)cc1. The lowest BCUT2D eigenvalue weighted by atomic mass is 10.1. The Morgan fingerprint density at radius 3 is 2.56 bits per heavy atom. The Kier molecular flexibility index (Phi) is 5.72. The second kappa shape index (κ2) is 8.98. The van der Waals surface area contributed by atoms with Crippen LogP contribution in [0.5, 0.6) is 5.75 Å². The van der Waals surface area contributed by atoms with Gasteiger partial charge in [0.15, 0.2) is 0 Å². The molecule has 4 aromatic rings. The molecule has 1 atom stereocenters. The van der Waals surface area contributed by atoms with Gasteiger partial charge >= 0.3 is 0 Å². The number of ether oxygens (including phenoxy) is 1. The van der Waals surface area contributed by atoms with E-state index < -0.39 is 6.04 Å². The molecule has 0 spiro atoms. The zero-order chi connectivity index (χ0) is 23.7. The zero-order valence-corrected chi connectivity index (χ0v) is 19.1. The smallest absolute Gasteiger partial charge is 0.267 e. The molecular formula is C28H25N3O3. The van der Waals surface area contributed by atoms with Crippen molar-refractivity contribution >= 4 is 11.6 Å². The van der Waals surface area contributed by atoms with E-state index in [1.54, 1.807) is 13.0 Å². The highest BCUT2D eigenvalue weighted by Crippen LogP contribution is 2.37. The van der Waals surface area contributed by atoms with E-state index in [1.165, 1.54) is 33.0 Å². The molecular weight excluding hydrogens is 426 g/mol. The van der Waals surface area contributed by atoms with Crippen LogP contribution in [-0.2, 0) is 11.2 Å². The maximum Gasteiger partial charge on any atom is 0.267 e. The second-order valence-corrected chi connectivity index (χ2v) is 8.33. The minimum atomic E-state index is -0.777. The summed E-state index contributed by atoms with van der Waals surface area (Å²) in [6.07, 6.45) is 0.843. The van der Waals surface area contributed by atoms with Crippen molar-refractivity contribution < 1.29 is 9.53 Å². The van der Waals surface area contributed by atoms with E-state index in [0.717, 1.165) is 17.7 Å². The standard InChI is InChI=1S/C28H25N3O3/c1-3-34-23-11-8-19(9-12-23)26-14-15-27(32)31(30-26)18(2)28(33)29-22-10-13-25-21(17-22)16-20-6-4-5-7-24(20)25/h4-15,17-18H,3,16H2,1-2H3,(H,29,33). The summed E-state index contributed by atoms with van der Waals surface area (Å²) in [5.41, 5.74) is 6.73. The fourth-order valence-electron chi connectivity index (χ4n) is 4.33. The predicted octanol–water partition coefficient (Wildman–Crippen LogP) is 5.08. The minimum absolute atomic E-state index is 0.297. The number of hydrogen-bond donors (Lipinski definition) is 1. The molecule has 3 aromatic carbocycles. The van der Waals surface area contributed by atoms with Crippen LogP contribution in [0.25, 0.3) is 22.4 Å². The van der Waals surface area contributed by atoms with Crippen molar-refractivity contribution in [2.75, 3.05) is 11.9 Å². The summed E-state index contributed by atoms with van der Waals surface area (Å²) in [5, 5.41) is 7.42. The average Bonchev–Trinajstić information content (AvgIpc) is 3.22. The number of amides is 1. The Labute approximate surface area is 197 Å². The van der Waals surface area contributed by atoms with Gasteiger partial charge in [0.05, 0.1) is 12.3 Å². The fourth-order valence-corrected chi connectivity index (χ4v) is 4.33. The summed E-state index contributed by atoms with van der Waals surface area (Å²) in [5.74, 6) is 0.471. The Morgan fingerprint density at radius 2 is 1.76 bits per heavy atom. The molecule has 5 rings (SSSR count). The normalized spacial score (nSPS) is 12.5. The van der Waals surface area contributed by atoms with Crippen molar-refractivity contribution in [3.05, 3.63) is 100 Å². The number of benzene rings is 3. The van der Waals surface area contributed by atoms with E-state index >= 15 is 0 Å². The van der Waals surface area contributed by atoms with Crippen LogP contribution < -0.4 is 15.6 Å². The average molecular weight is 452 g/mol. The third-order valence-electron chi connectivity index (χ3n) is 6.09. The Hall–Kier alpha value is -4.19. The summed E-state index contributed by atoms with van der Waals surface area (Å²) >= 11 is 0. The van der Waals surface area contributed by atoms with Gasteiger partial charge in [0.25, 0.3) is 5.56 Å². The van der Waals surface area contributed by atoms with Crippen LogP contribution in [0, 0.1) is 0 Å². The van der Waals surface area contributed by atoms with Crippen LogP contribution in [0.1, 0.15) is 31.0 Å².